The number of rotatable bonds is 4. The fourth-order valence-corrected chi connectivity index (χ4v) is 2.87. The highest BCUT2D eigenvalue weighted by Crippen LogP contribution is 2.22. The number of amides is 1. The third kappa shape index (κ3) is 3.47. The fraction of sp³-hybridized carbons (Fsp3) is 0.385. The van der Waals surface area contributed by atoms with Crippen LogP contribution in [-0.4, -0.2) is 40.2 Å². The number of halogens is 1. The third-order valence-electron chi connectivity index (χ3n) is 3.03. The molecule has 1 unspecified atom stereocenters. The van der Waals surface area contributed by atoms with Gasteiger partial charge in [-0.05, 0) is 37.1 Å². The van der Waals surface area contributed by atoms with Crippen molar-refractivity contribution in [2.75, 3.05) is 12.3 Å². The normalized spacial score (nSPS) is 18.6. The van der Waals surface area contributed by atoms with Crippen molar-refractivity contribution in [3.05, 3.63) is 30.1 Å². The van der Waals surface area contributed by atoms with Crippen LogP contribution >= 0.6 is 11.8 Å². The summed E-state index contributed by atoms with van der Waals surface area (Å²) in [5, 5.41) is 9.01. The van der Waals surface area contributed by atoms with Crippen molar-refractivity contribution < 1.29 is 19.1 Å². The molecule has 1 atom stereocenters. The molecule has 4 nitrogen and oxygen atoms in total. The number of carboxylic acid groups (broad SMARTS) is 1. The van der Waals surface area contributed by atoms with Crippen LogP contribution in [0.4, 0.5) is 4.39 Å². The molecule has 1 heterocycles. The molecule has 1 aromatic carbocycles. The summed E-state index contributed by atoms with van der Waals surface area (Å²) in [6.07, 6.45) is 1.24. The molecule has 0 spiro atoms. The second-order valence-corrected chi connectivity index (χ2v) is 5.37. The van der Waals surface area contributed by atoms with Gasteiger partial charge in [-0.25, -0.2) is 9.18 Å². The number of benzene rings is 1. The first-order chi connectivity index (χ1) is 9.08. The van der Waals surface area contributed by atoms with Crippen molar-refractivity contribution in [3.8, 4) is 0 Å². The van der Waals surface area contributed by atoms with E-state index in [9.17, 15) is 14.0 Å². The molecule has 1 N–H and O–H groups in total. The molecule has 1 fully saturated rings. The van der Waals surface area contributed by atoms with E-state index >= 15 is 0 Å². The van der Waals surface area contributed by atoms with Gasteiger partial charge in [-0.2, -0.15) is 0 Å². The second kappa shape index (κ2) is 6.06. The second-order valence-electron chi connectivity index (χ2n) is 4.33. The molecule has 0 saturated carbocycles. The zero-order chi connectivity index (χ0) is 13.8. The summed E-state index contributed by atoms with van der Waals surface area (Å²) >= 11 is 1.29. The van der Waals surface area contributed by atoms with Crippen LogP contribution in [0.5, 0.6) is 0 Å². The molecule has 0 bridgehead atoms. The summed E-state index contributed by atoms with van der Waals surface area (Å²) in [6.45, 7) is 0.500. The van der Waals surface area contributed by atoms with Gasteiger partial charge in [-0.3, -0.25) is 4.79 Å². The lowest BCUT2D eigenvalue weighted by Gasteiger charge is -2.21. The van der Waals surface area contributed by atoms with Crippen molar-refractivity contribution in [3.63, 3.8) is 0 Å². The molecule has 102 valence electrons. The standard InChI is InChI=1S/C13H14FNO3S/c14-9-3-5-10(6-4-9)19-8-12(16)15-7-1-2-11(15)13(17)18/h3-6,11H,1-2,7-8H2,(H,17,18). The first-order valence-corrected chi connectivity index (χ1v) is 6.97. The molecule has 6 heteroatoms. The van der Waals surface area contributed by atoms with E-state index in [1.54, 1.807) is 12.1 Å². The molecule has 1 aromatic rings. The monoisotopic (exact) mass is 283 g/mol. The van der Waals surface area contributed by atoms with Gasteiger partial charge in [0.1, 0.15) is 11.9 Å². The van der Waals surface area contributed by atoms with Gasteiger partial charge in [0.15, 0.2) is 0 Å². The van der Waals surface area contributed by atoms with Crippen molar-refractivity contribution in [1.82, 2.24) is 4.90 Å². The van der Waals surface area contributed by atoms with Gasteiger partial charge >= 0.3 is 5.97 Å². The van der Waals surface area contributed by atoms with Gasteiger partial charge in [0.05, 0.1) is 5.75 Å². The molecule has 1 aliphatic heterocycles. The number of aliphatic carboxylic acids is 1. The Morgan fingerprint density at radius 1 is 1.37 bits per heavy atom. The quantitative estimate of drug-likeness (QED) is 0.859. The maximum absolute atomic E-state index is 12.7. The third-order valence-corrected chi connectivity index (χ3v) is 4.03. The SMILES string of the molecule is O=C(O)C1CCCN1C(=O)CSc1ccc(F)cc1. The Bertz CT molecular complexity index is 477. The molecule has 1 saturated heterocycles. The Labute approximate surface area is 114 Å². The van der Waals surface area contributed by atoms with Crippen LogP contribution in [0, 0.1) is 5.82 Å². The Morgan fingerprint density at radius 2 is 2.05 bits per heavy atom. The maximum atomic E-state index is 12.7. The van der Waals surface area contributed by atoms with E-state index in [4.69, 9.17) is 5.11 Å². The Morgan fingerprint density at radius 3 is 2.68 bits per heavy atom. The average molecular weight is 283 g/mol. The first kappa shape index (κ1) is 13.9. The molecule has 19 heavy (non-hydrogen) atoms. The van der Waals surface area contributed by atoms with E-state index in [-0.39, 0.29) is 17.5 Å². The fourth-order valence-electron chi connectivity index (χ4n) is 2.08. The minimum Gasteiger partial charge on any atom is -0.480 e. The van der Waals surface area contributed by atoms with E-state index in [2.05, 4.69) is 0 Å². The van der Waals surface area contributed by atoms with E-state index in [1.807, 2.05) is 0 Å². The number of carbonyl (C=O) groups is 2. The van der Waals surface area contributed by atoms with Crippen molar-refractivity contribution in [2.24, 2.45) is 0 Å². The molecule has 0 aliphatic carbocycles. The number of carboxylic acids is 1. The minimum absolute atomic E-state index is 0.176. The summed E-state index contributed by atoms with van der Waals surface area (Å²) in [7, 11) is 0. The van der Waals surface area contributed by atoms with Crippen molar-refractivity contribution in [2.45, 2.75) is 23.8 Å². The highest BCUT2D eigenvalue weighted by molar-refractivity contribution is 8.00. The predicted octanol–water partition coefficient (Wildman–Crippen LogP) is 1.99. The zero-order valence-electron chi connectivity index (χ0n) is 10.2. The van der Waals surface area contributed by atoms with Crippen LogP contribution < -0.4 is 0 Å². The van der Waals surface area contributed by atoms with Gasteiger partial charge in [0, 0.05) is 11.4 Å². The lowest BCUT2D eigenvalue weighted by molar-refractivity contribution is -0.147. The van der Waals surface area contributed by atoms with Gasteiger partial charge in [-0.15, -0.1) is 11.8 Å². The lowest BCUT2D eigenvalue weighted by atomic mass is 10.2. The van der Waals surface area contributed by atoms with Crippen molar-refractivity contribution >= 4 is 23.6 Å². The summed E-state index contributed by atoms with van der Waals surface area (Å²) in [4.78, 5) is 25.2. The van der Waals surface area contributed by atoms with E-state index < -0.39 is 12.0 Å². The predicted molar refractivity (Wildman–Crippen MR) is 69.5 cm³/mol. The highest BCUT2D eigenvalue weighted by atomic mass is 32.2. The largest absolute Gasteiger partial charge is 0.480 e. The van der Waals surface area contributed by atoms with Crippen LogP contribution in [0.3, 0.4) is 0 Å². The number of nitrogens with zero attached hydrogens (tertiary/aromatic N) is 1. The molecule has 2 rings (SSSR count). The maximum Gasteiger partial charge on any atom is 0.326 e. The highest BCUT2D eigenvalue weighted by Gasteiger charge is 2.33. The van der Waals surface area contributed by atoms with E-state index in [1.165, 1.54) is 28.8 Å². The molecular formula is C13H14FNO3S. The molecule has 1 aliphatic rings. The number of likely N-dealkylation sites (tertiary alicyclic amines) is 1. The van der Waals surface area contributed by atoms with Crippen molar-refractivity contribution in [1.29, 1.82) is 0 Å². The number of hydrogen-bond acceptors (Lipinski definition) is 3. The molecule has 0 radical (unpaired) electrons. The number of thioether (sulfide) groups is 1. The minimum atomic E-state index is -0.947. The number of hydrogen-bond donors (Lipinski definition) is 1. The summed E-state index contributed by atoms with van der Waals surface area (Å²) in [5.74, 6) is -1.27. The van der Waals surface area contributed by atoms with Gasteiger partial charge in [-0.1, -0.05) is 0 Å². The van der Waals surface area contributed by atoms with Crippen LogP contribution in [0.25, 0.3) is 0 Å². The summed E-state index contributed by atoms with van der Waals surface area (Å²) in [6, 6.07) is 5.19. The van der Waals surface area contributed by atoms with Crippen LogP contribution in [0.1, 0.15) is 12.8 Å². The van der Waals surface area contributed by atoms with Crippen LogP contribution in [0.2, 0.25) is 0 Å². The van der Waals surface area contributed by atoms with Gasteiger partial charge in [0.2, 0.25) is 5.91 Å². The van der Waals surface area contributed by atoms with E-state index in [0.717, 1.165) is 11.3 Å². The number of carbonyl (C=O) groups excluding carboxylic acids is 1. The van der Waals surface area contributed by atoms with Crippen LogP contribution in [-0.2, 0) is 9.59 Å². The summed E-state index contributed by atoms with van der Waals surface area (Å²) in [5.41, 5.74) is 0. The molecule has 1 amide bonds. The topological polar surface area (TPSA) is 57.6 Å². The average Bonchev–Trinajstić information content (AvgIpc) is 2.87. The lowest BCUT2D eigenvalue weighted by Crippen LogP contribution is -2.41. The van der Waals surface area contributed by atoms with Gasteiger partial charge in [0.25, 0.3) is 0 Å². The first-order valence-electron chi connectivity index (χ1n) is 5.98. The summed E-state index contributed by atoms with van der Waals surface area (Å²) < 4.78 is 12.7. The smallest absolute Gasteiger partial charge is 0.326 e. The molecule has 0 aromatic heterocycles. The Balaban J connectivity index is 1.90. The zero-order valence-corrected chi connectivity index (χ0v) is 11.0. The molecular weight excluding hydrogens is 269 g/mol. The van der Waals surface area contributed by atoms with Crippen LogP contribution in [0.15, 0.2) is 29.2 Å². The Kier molecular flexibility index (Phi) is 4.42. The van der Waals surface area contributed by atoms with Gasteiger partial charge < -0.3 is 10.0 Å². The van der Waals surface area contributed by atoms with E-state index in [0.29, 0.717) is 13.0 Å². The Hall–Kier alpha value is -1.56.